The van der Waals surface area contributed by atoms with Crippen molar-refractivity contribution >= 4 is 0 Å². The molecule has 18 heavy (non-hydrogen) atoms. The van der Waals surface area contributed by atoms with Gasteiger partial charge in [0.05, 0.1) is 5.69 Å². The third-order valence-electron chi connectivity index (χ3n) is 3.58. The lowest BCUT2D eigenvalue weighted by Gasteiger charge is -2.08. The highest BCUT2D eigenvalue weighted by molar-refractivity contribution is 5.79. The second-order valence-electron chi connectivity index (χ2n) is 4.59. The number of hydrogen-bond donors (Lipinski definition) is 0. The number of benzene rings is 2. The number of aromatic nitrogens is 2. The fourth-order valence-electron chi connectivity index (χ4n) is 2.77. The predicted octanol–water partition coefficient (Wildman–Crippen LogP) is 3.44. The van der Waals surface area contributed by atoms with E-state index in [0.29, 0.717) is 0 Å². The molecule has 0 N–H and O–H groups in total. The van der Waals surface area contributed by atoms with Crippen molar-refractivity contribution < 1.29 is 0 Å². The van der Waals surface area contributed by atoms with Crippen LogP contribution in [0, 0.1) is 0 Å². The Morgan fingerprint density at radius 2 is 1.78 bits per heavy atom. The van der Waals surface area contributed by atoms with E-state index in [1.54, 1.807) is 0 Å². The first kappa shape index (κ1) is 9.66. The van der Waals surface area contributed by atoms with Crippen LogP contribution < -0.4 is 0 Å². The van der Waals surface area contributed by atoms with Crippen LogP contribution in [0.15, 0.2) is 60.9 Å². The Labute approximate surface area is 106 Å². The van der Waals surface area contributed by atoms with Gasteiger partial charge >= 0.3 is 0 Å². The molecule has 2 aromatic carbocycles. The van der Waals surface area contributed by atoms with Gasteiger partial charge in [-0.05, 0) is 34.4 Å². The zero-order valence-corrected chi connectivity index (χ0v) is 9.88. The zero-order chi connectivity index (χ0) is 11.9. The Morgan fingerprint density at radius 1 is 0.889 bits per heavy atom. The molecule has 0 fully saturated rings. The average Bonchev–Trinajstić information content (AvgIpc) is 3.05. The smallest absolute Gasteiger partial charge is 0.0687 e. The molecule has 0 radical (unpaired) electrons. The van der Waals surface area contributed by atoms with Gasteiger partial charge in [-0.25, -0.2) is 4.68 Å². The highest BCUT2D eigenvalue weighted by Crippen LogP contribution is 2.38. The van der Waals surface area contributed by atoms with Gasteiger partial charge in [0.15, 0.2) is 0 Å². The quantitative estimate of drug-likeness (QED) is 0.491. The van der Waals surface area contributed by atoms with Gasteiger partial charge in [-0.1, -0.05) is 36.4 Å². The molecular formula is C16H12N2. The number of hydrogen-bond acceptors (Lipinski definition) is 1. The highest BCUT2D eigenvalue weighted by atomic mass is 15.3. The SMILES string of the molecule is c1ccc2c(c1)Cc1c-2cccc1-n1cccn1. The molecule has 0 bridgehead atoms. The van der Waals surface area contributed by atoms with Gasteiger partial charge in [-0.3, -0.25) is 0 Å². The lowest BCUT2D eigenvalue weighted by atomic mass is 10.1. The number of fused-ring (bicyclic) bond motifs is 3. The summed E-state index contributed by atoms with van der Waals surface area (Å²) in [6.45, 7) is 0. The van der Waals surface area contributed by atoms with E-state index in [2.05, 4.69) is 47.6 Å². The van der Waals surface area contributed by atoms with Gasteiger partial charge in [0.1, 0.15) is 0 Å². The van der Waals surface area contributed by atoms with Crippen molar-refractivity contribution in [2.24, 2.45) is 0 Å². The van der Waals surface area contributed by atoms with Crippen molar-refractivity contribution in [1.82, 2.24) is 9.78 Å². The molecule has 2 heteroatoms. The lowest BCUT2D eigenvalue weighted by Crippen LogP contribution is -1.99. The maximum Gasteiger partial charge on any atom is 0.0687 e. The van der Waals surface area contributed by atoms with E-state index in [0.717, 1.165) is 6.42 Å². The summed E-state index contributed by atoms with van der Waals surface area (Å²) in [5.74, 6) is 0. The molecule has 86 valence electrons. The van der Waals surface area contributed by atoms with Gasteiger partial charge in [-0.2, -0.15) is 5.10 Å². The molecule has 1 aliphatic rings. The highest BCUT2D eigenvalue weighted by Gasteiger charge is 2.20. The van der Waals surface area contributed by atoms with Crippen LogP contribution in [0.1, 0.15) is 11.1 Å². The maximum absolute atomic E-state index is 4.34. The van der Waals surface area contributed by atoms with Crippen LogP contribution in [0.3, 0.4) is 0 Å². The van der Waals surface area contributed by atoms with Crippen molar-refractivity contribution in [1.29, 1.82) is 0 Å². The summed E-state index contributed by atoms with van der Waals surface area (Å²) < 4.78 is 1.95. The van der Waals surface area contributed by atoms with Crippen molar-refractivity contribution in [3.05, 3.63) is 72.1 Å². The lowest BCUT2D eigenvalue weighted by molar-refractivity contribution is 0.869. The summed E-state index contributed by atoms with van der Waals surface area (Å²) in [7, 11) is 0. The first-order chi connectivity index (χ1) is 8.93. The molecule has 2 nitrogen and oxygen atoms in total. The standard InChI is InChI=1S/C16H12N2/c1-2-6-13-12(5-1)11-15-14(13)7-3-8-16(15)18-10-4-9-17-18/h1-10H,11H2. The van der Waals surface area contributed by atoms with E-state index in [1.807, 2.05) is 23.1 Å². The van der Waals surface area contributed by atoms with Gasteiger partial charge in [0.2, 0.25) is 0 Å². The van der Waals surface area contributed by atoms with E-state index in [9.17, 15) is 0 Å². The molecule has 0 spiro atoms. The van der Waals surface area contributed by atoms with Crippen LogP contribution in [0.25, 0.3) is 16.8 Å². The second kappa shape index (κ2) is 3.57. The predicted molar refractivity (Wildman–Crippen MR) is 71.8 cm³/mol. The number of rotatable bonds is 1. The normalized spacial score (nSPS) is 12.2. The molecule has 0 saturated carbocycles. The Morgan fingerprint density at radius 3 is 2.67 bits per heavy atom. The minimum atomic E-state index is 1.00. The Bertz CT molecular complexity index is 712. The van der Waals surface area contributed by atoms with E-state index < -0.39 is 0 Å². The van der Waals surface area contributed by atoms with Crippen molar-refractivity contribution in [2.45, 2.75) is 6.42 Å². The van der Waals surface area contributed by atoms with E-state index in [1.165, 1.54) is 27.9 Å². The van der Waals surface area contributed by atoms with E-state index in [4.69, 9.17) is 0 Å². The number of nitrogens with zero attached hydrogens (tertiary/aromatic N) is 2. The average molecular weight is 232 g/mol. The van der Waals surface area contributed by atoms with Crippen LogP contribution in [-0.4, -0.2) is 9.78 Å². The van der Waals surface area contributed by atoms with Crippen LogP contribution in [0.4, 0.5) is 0 Å². The Hall–Kier alpha value is -2.35. The Kier molecular flexibility index (Phi) is 1.92. The fourth-order valence-corrected chi connectivity index (χ4v) is 2.77. The summed E-state index contributed by atoms with van der Waals surface area (Å²) in [6, 6.07) is 17.0. The van der Waals surface area contributed by atoms with E-state index in [-0.39, 0.29) is 0 Å². The summed E-state index contributed by atoms with van der Waals surface area (Å²) in [4.78, 5) is 0. The summed E-state index contributed by atoms with van der Waals surface area (Å²) in [6.07, 6.45) is 4.82. The summed E-state index contributed by atoms with van der Waals surface area (Å²) >= 11 is 0. The largest absolute Gasteiger partial charge is 0.241 e. The zero-order valence-electron chi connectivity index (χ0n) is 9.88. The second-order valence-corrected chi connectivity index (χ2v) is 4.59. The molecule has 1 aliphatic carbocycles. The van der Waals surface area contributed by atoms with E-state index >= 15 is 0 Å². The van der Waals surface area contributed by atoms with Crippen LogP contribution in [-0.2, 0) is 6.42 Å². The van der Waals surface area contributed by atoms with Crippen LogP contribution in [0.5, 0.6) is 0 Å². The molecule has 0 aliphatic heterocycles. The van der Waals surface area contributed by atoms with Gasteiger partial charge in [0, 0.05) is 18.8 Å². The third-order valence-corrected chi connectivity index (χ3v) is 3.58. The van der Waals surface area contributed by atoms with Crippen molar-refractivity contribution in [3.8, 4) is 16.8 Å². The molecule has 1 heterocycles. The minimum absolute atomic E-state index is 1.00. The molecule has 3 aromatic rings. The maximum atomic E-state index is 4.34. The van der Waals surface area contributed by atoms with Gasteiger partial charge in [0.25, 0.3) is 0 Å². The van der Waals surface area contributed by atoms with Crippen LogP contribution in [0.2, 0.25) is 0 Å². The summed E-state index contributed by atoms with van der Waals surface area (Å²) in [5, 5.41) is 4.34. The minimum Gasteiger partial charge on any atom is -0.241 e. The Balaban J connectivity index is 1.97. The van der Waals surface area contributed by atoms with Crippen molar-refractivity contribution in [3.63, 3.8) is 0 Å². The van der Waals surface area contributed by atoms with Crippen LogP contribution >= 0.6 is 0 Å². The summed E-state index contributed by atoms with van der Waals surface area (Å²) in [5.41, 5.74) is 6.68. The first-order valence-corrected chi connectivity index (χ1v) is 6.14. The molecular weight excluding hydrogens is 220 g/mol. The molecule has 4 rings (SSSR count). The third kappa shape index (κ3) is 1.26. The molecule has 0 atom stereocenters. The molecule has 0 saturated heterocycles. The monoisotopic (exact) mass is 232 g/mol. The topological polar surface area (TPSA) is 17.8 Å². The van der Waals surface area contributed by atoms with Crippen molar-refractivity contribution in [2.75, 3.05) is 0 Å². The van der Waals surface area contributed by atoms with Gasteiger partial charge in [-0.15, -0.1) is 0 Å². The molecule has 0 amide bonds. The van der Waals surface area contributed by atoms with Gasteiger partial charge < -0.3 is 0 Å². The molecule has 0 unspecified atom stereocenters. The fraction of sp³-hybridized carbons (Fsp3) is 0.0625. The first-order valence-electron chi connectivity index (χ1n) is 6.14. The molecule has 1 aromatic heterocycles.